The Kier molecular flexibility index (Phi) is 6.30. The van der Waals surface area contributed by atoms with Crippen molar-refractivity contribution >= 4 is 27.5 Å². The molecular weight excluding hydrogens is 460 g/mol. The number of halogens is 1. The van der Waals surface area contributed by atoms with Crippen LogP contribution in [0.1, 0.15) is 27.3 Å². The third-order valence-electron chi connectivity index (χ3n) is 5.86. The van der Waals surface area contributed by atoms with Gasteiger partial charge in [0.2, 0.25) is 10.0 Å². The van der Waals surface area contributed by atoms with Gasteiger partial charge in [0, 0.05) is 43.3 Å². The van der Waals surface area contributed by atoms with Crippen LogP contribution in [0.4, 0.5) is 0 Å². The smallest absolute Gasteiger partial charge is 0.255 e. The molecule has 1 aliphatic heterocycles. The van der Waals surface area contributed by atoms with Gasteiger partial charge in [0.15, 0.2) is 0 Å². The second-order valence-electron chi connectivity index (χ2n) is 7.95. The van der Waals surface area contributed by atoms with Crippen molar-refractivity contribution < 1.29 is 13.2 Å². The maximum Gasteiger partial charge on any atom is 0.255 e. The highest BCUT2D eigenvalue weighted by Gasteiger charge is 2.31. The van der Waals surface area contributed by atoms with Crippen LogP contribution in [0, 0.1) is 25.2 Å². The van der Waals surface area contributed by atoms with Crippen molar-refractivity contribution in [1.29, 1.82) is 5.26 Å². The van der Waals surface area contributed by atoms with Crippen LogP contribution in [0.15, 0.2) is 59.5 Å². The molecule has 0 saturated carbocycles. The van der Waals surface area contributed by atoms with E-state index in [0.717, 1.165) is 17.1 Å². The van der Waals surface area contributed by atoms with Gasteiger partial charge in [0.25, 0.3) is 5.91 Å². The average molecular weight is 483 g/mol. The number of amides is 1. The Labute approximate surface area is 198 Å². The number of hydrogen-bond donors (Lipinski definition) is 0. The minimum atomic E-state index is -3.70. The number of aromatic nitrogens is 1. The van der Waals surface area contributed by atoms with Gasteiger partial charge in [0.1, 0.15) is 0 Å². The number of sulfonamides is 1. The number of nitriles is 1. The van der Waals surface area contributed by atoms with E-state index in [-0.39, 0.29) is 37.0 Å². The zero-order chi connectivity index (χ0) is 23.8. The summed E-state index contributed by atoms with van der Waals surface area (Å²) in [6.45, 7) is 4.88. The number of carbonyl (C=O) groups is 1. The average Bonchev–Trinajstić information content (AvgIpc) is 3.17. The van der Waals surface area contributed by atoms with Gasteiger partial charge in [-0.25, -0.2) is 8.42 Å². The molecule has 1 fully saturated rings. The van der Waals surface area contributed by atoms with E-state index >= 15 is 0 Å². The fraction of sp³-hybridized carbons (Fsp3) is 0.250. The fourth-order valence-electron chi connectivity index (χ4n) is 4.04. The zero-order valence-corrected chi connectivity index (χ0v) is 19.9. The Morgan fingerprint density at radius 2 is 1.55 bits per heavy atom. The Morgan fingerprint density at radius 3 is 2.12 bits per heavy atom. The molecule has 4 rings (SSSR count). The summed E-state index contributed by atoms with van der Waals surface area (Å²) >= 11 is 6.37. The summed E-state index contributed by atoms with van der Waals surface area (Å²) in [6, 6.07) is 17.2. The van der Waals surface area contributed by atoms with Crippen molar-refractivity contribution in [2.45, 2.75) is 18.7 Å². The Morgan fingerprint density at radius 1 is 0.939 bits per heavy atom. The largest absolute Gasteiger partial charge is 0.336 e. The van der Waals surface area contributed by atoms with Gasteiger partial charge >= 0.3 is 0 Å². The first kappa shape index (κ1) is 23.1. The van der Waals surface area contributed by atoms with Gasteiger partial charge in [-0.1, -0.05) is 11.6 Å². The van der Waals surface area contributed by atoms with Crippen molar-refractivity contribution in [1.82, 2.24) is 13.8 Å². The molecule has 1 aromatic heterocycles. The van der Waals surface area contributed by atoms with E-state index in [2.05, 4.69) is 4.57 Å². The highest BCUT2D eigenvalue weighted by Crippen LogP contribution is 2.25. The number of hydrogen-bond acceptors (Lipinski definition) is 4. The fourth-order valence-corrected chi connectivity index (χ4v) is 5.66. The van der Waals surface area contributed by atoms with Gasteiger partial charge in [-0.2, -0.15) is 9.57 Å². The molecule has 33 heavy (non-hydrogen) atoms. The number of carbonyl (C=O) groups excluding carboxylic acids is 1. The highest BCUT2D eigenvalue weighted by atomic mass is 35.5. The van der Waals surface area contributed by atoms with E-state index in [1.165, 1.54) is 28.6 Å². The molecule has 0 spiro atoms. The lowest BCUT2D eigenvalue weighted by Gasteiger charge is -2.34. The van der Waals surface area contributed by atoms with Gasteiger partial charge in [0.05, 0.1) is 27.1 Å². The van der Waals surface area contributed by atoms with Crippen LogP contribution >= 0.6 is 11.6 Å². The second kappa shape index (κ2) is 9.02. The van der Waals surface area contributed by atoms with Crippen molar-refractivity contribution in [3.05, 3.63) is 82.1 Å². The van der Waals surface area contributed by atoms with Gasteiger partial charge in [-0.15, -0.1) is 0 Å². The van der Waals surface area contributed by atoms with Gasteiger partial charge < -0.3 is 9.47 Å². The highest BCUT2D eigenvalue weighted by molar-refractivity contribution is 7.89. The van der Waals surface area contributed by atoms with Crippen LogP contribution in [0.25, 0.3) is 5.69 Å². The molecule has 0 atom stereocenters. The van der Waals surface area contributed by atoms with Gasteiger partial charge in [-0.3, -0.25) is 4.79 Å². The van der Waals surface area contributed by atoms with E-state index in [9.17, 15) is 13.2 Å². The standard InChI is InChI=1S/C24H23ClN4O3S/c1-17-3-4-18(2)29(17)20-7-10-23(25)22(15-20)24(30)27-11-13-28(14-12-27)33(31,32)21-8-5-19(16-26)6-9-21/h3-10,15H,11-14H2,1-2H3. The molecule has 1 saturated heterocycles. The molecule has 170 valence electrons. The summed E-state index contributed by atoms with van der Waals surface area (Å²) in [5.74, 6) is -0.222. The van der Waals surface area contributed by atoms with Crippen LogP contribution in [-0.2, 0) is 10.0 Å². The van der Waals surface area contributed by atoms with Gasteiger partial charge in [-0.05, 0) is 68.4 Å². The molecule has 1 aliphatic rings. The summed E-state index contributed by atoms with van der Waals surface area (Å²) in [7, 11) is -3.70. The number of piperazine rings is 1. The summed E-state index contributed by atoms with van der Waals surface area (Å²) < 4.78 is 29.3. The minimum absolute atomic E-state index is 0.134. The predicted octanol–water partition coefficient (Wildman–Crippen LogP) is 3.77. The lowest BCUT2D eigenvalue weighted by atomic mass is 10.1. The Hall–Kier alpha value is -3.12. The normalized spacial score (nSPS) is 14.8. The number of rotatable bonds is 4. The summed E-state index contributed by atoms with van der Waals surface area (Å²) in [6.07, 6.45) is 0. The molecule has 0 radical (unpaired) electrons. The van der Waals surface area contributed by atoms with Crippen molar-refractivity contribution in [2.75, 3.05) is 26.2 Å². The minimum Gasteiger partial charge on any atom is -0.336 e. The molecule has 0 aliphatic carbocycles. The maximum atomic E-state index is 13.2. The molecule has 1 amide bonds. The van der Waals surface area contributed by atoms with Crippen molar-refractivity contribution in [2.24, 2.45) is 0 Å². The Bertz CT molecular complexity index is 1330. The van der Waals surface area contributed by atoms with Crippen LogP contribution in [0.2, 0.25) is 5.02 Å². The topological polar surface area (TPSA) is 86.4 Å². The first-order valence-electron chi connectivity index (χ1n) is 10.5. The summed E-state index contributed by atoms with van der Waals surface area (Å²) in [5, 5.41) is 9.27. The summed E-state index contributed by atoms with van der Waals surface area (Å²) in [5.41, 5.74) is 3.74. The third kappa shape index (κ3) is 4.40. The molecule has 0 unspecified atom stereocenters. The van der Waals surface area contributed by atoms with E-state index in [4.69, 9.17) is 16.9 Å². The van der Waals surface area contributed by atoms with E-state index < -0.39 is 10.0 Å². The summed E-state index contributed by atoms with van der Waals surface area (Å²) in [4.78, 5) is 15.0. The van der Waals surface area contributed by atoms with E-state index in [1.807, 2.05) is 38.1 Å². The molecule has 2 heterocycles. The molecule has 3 aromatic rings. The lowest BCUT2D eigenvalue weighted by molar-refractivity contribution is 0.0698. The molecular formula is C24H23ClN4O3S. The van der Waals surface area contributed by atoms with E-state index in [1.54, 1.807) is 17.0 Å². The maximum absolute atomic E-state index is 13.2. The number of aryl methyl sites for hydroxylation is 2. The molecule has 0 bridgehead atoms. The zero-order valence-electron chi connectivity index (χ0n) is 18.3. The second-order valence-corrected chi connectivity index (χ2v) is 10.3. The predicted molar refractivity (Wildman–Crippen MR) is 126 cm³/mol. The third-order valence-corrected chi connectivity index (χ3v) is 8.10. The van der Waals surface area contributed by atoms with Crippen LogP contribution in [-0.4, -0.2) is 54.3 Å². The first-order chi connectivity index (χ1) is 15.7. The number of nitrogens with zero attached hydrogens (tertiary/aromatic N) is 4. The Balaban J connectivity index is 1.51. The monoisotopic (exact) mass is 482 g/mol. The quantitative estimate of drug-likeness (QED) is 0.566. The van der Waals surface area contributed by atoms with E-state index in [0.29, 0.717) is 16.1 Å². The van der Waals surface area contributed by atoms with Crippen molar-refractivity contribution in [3.63, 3.8) is 0 Å². The lowest BCUT2D eigenvalue weighted by Crippen LogP contribution is -2.50. The van der Waals surface area contributed by atoms with Crippen LogP contribution in [0.3, 0.4) is 0 Å². The molecule has 7 nitrogen and oxygen atoms in total. The molecule has 0 N–H and O–H groups in total. The molecule has 9 heteroatoms. The van der Waals surface area contributed by atoms with Crippen LogP contribution < -0.4 is 0 Å². The number of benzene rings is 2. The molecule has 2 aromatic carbocycles. The SMILES string of the molecule is Cc1ccc(C)n1-c1ccc(Cl)c(C(=O)N2CCN(S(=O)(=O)c3ccc(C#N)cc3)CC2)c1. The first-order valence-corrected chi connectivity index (χ1v) is 12.3. The van der Waals surface area contributed by atoms with Crippen molar-refractivity contribution in [3.8, 4) is 11.8 Å². The van der Waals surface area contributed by atoms with Crippen LogP contribution in [0.5, 0.6) is 0 Å².